The molecule has 6 aromatic carbocycles. The number of halogens is 2. The summed E-state index contributed by atoms with van der Waals surface area (Å²) in [6.07, 6.45) is 0. The molecule has 208 valence electrons. The van der Waals surface area contributed by atoms with Crippen LogP contribution in [0.1, 0.15) is 54.5 Å². The third-order valence-electron chi connectivity index (χ3n) is 9.23. The van der Waals surface area contributed by atoms with E-state index >= 15 is 0 Å². The van der Waals surface area contributed by atoms with E-state index in [0.717, 1.165) is 0 Å². The Balaban J connectivity index is 0.00000165. The molecule has 0 saturated carbocycles. The quantitative estimate of drug-likeness (QED) is 0.254. The molecule has 0 heterocycles. The molecule has 0 N–H and O–H groups in total. The van der Waals surface area contributed by atoms with Crippen LogP contribution in [0.4, 0.5) is 0 Å². The van der Waals surface area contributed by atoms with Crippen molar-refractivity contribution in [2.24, 2.45) is 0 Å². The van der Waals surface area contributed by atoms with Crippen molar-refractivity contribution in [3.8, 4) is 0 Å². The first kappa shape index (κ1) is 29.8. The summed E-state index contributed by atoms with van der Waals surface area (Å²) in [4.78, 5) is 0. The summed E-state index contributed by atoms with van der Waals surface area (Å²) in [6.45, 7) is 4.73. The van der Waals surface area contributed by atoms with Gasteiger partial charge in [0.15, 0.2) is 0 Å². The molecule has 0 amide bonds. The average Bonchev–Trinajstić information content (AvgIpc) is 3.47. The Kier molecular flexibility index (Phi) is 8.36. The predicted octanol–water partition coefficient (Wildman–Crippen LogP) is 4.75. The van der Waals surface area contributed by atoms with Gasteiger partial charge in [0.25, 0.3) is 0 Å². The van der Waals surface area contributed by atoms with Crippen molar-refractivity contribution in [2.75, 3.05) is 0 Å². The summed E-state index contributed by atoms with van der Waals surface area (Å²) >= 11 is -1.15. The van der Waals surface area contributed by atoms with Crippen LogP contribution in [0.15, 0.2) is 133 Å². The first-order valence-corrected chi connectivity index (χ1v) is 17.4. The zero-order chi connectivity index (χ0) is 27.5. The minimum atomic E-state index is -1.15. The van der Waals surface area contributed by atoms with Crippen LogP contribution in [0.25, 0.3) is 43.8 Å². The fourth-order valence-corrected chi connectivity index (χ4v) is 13.0. The average molecular weight is 673 g/mol. The molecule has 2 atom stereocenters. The van der Waals surface area contributed by atoms with Crippen LogP contribution < -0.4 is 24.8 Å². The largest absolute Gasteiger partial charge is 1.00 e. The van der Waals surface area contributed by atoms with Crippen LogP contribution in [-0.2, 0) is 23.2 Å². The van der Waals surface area contributed by atoms with Crippen molar-refractivity contribution < 1.29 is 48.0 Å². The number of fused-ring (bicyclic) bond motifs is 4. The Hall–Kier alpha value is -3.22. The van der Waals surface area contributed by atoms with E-state index in [2.05, 4.69) is 147 Å². The molecular formula is C40H30Cl2Zr. The first-order chi connectivity index (χ1) is 20.2. The van der Waals surface area contributed by atoms with Crippen LogP contribution >= 0.6 is 0 Å². The monoisotopic (exact) mass is 670 g/mol. The summed E-state index contributed by atoms with van der Waals surface area (Å²) in [5.41, 5.74) is 14.9. The zero-order valence-corrected chi connectivity index (χ0v) is 28.1. The van der Waals surface area contributed by atoms with Gasteiger partial charge in [0.05, 0.1) is 0 Å². The fraction of sp³-hybridized carbons (Fsp3) is 0.100. The van der Waals surface area contributed by atoms with E-state index < -0.39 is 23.2 Å². The van der Waals surface area contributed by atoms with Crippen molar-refractivity contribution in [2.45, 2.75) is 21.1 Å². The Bertz CT molecular complexity index is 1910. The second kappa shape index (κ2) is 12.1. The number of benzene rings is 6. The fourth-order valence-electron chi connectivity index (χ4n) is 7.36. The van der Waals surface area contributed by atoms with Gasteiger partial charge in [-0.15, -0.1) is 0 Å². The third kappa shape index (κ3) is 4.78. The molecule has 0 saturated heterocycles. The Morgan fingerprint density at radius 3 is 1.21 bits per heavy atom. The third-order valence-corrected chi connectivity index (χ3v) is 13.8. The van der Waals surface area contributed by atoms with Gasteiger partial charge in [0, 0.05) is 0 Å². The van der Waals surface area contributed by atoms with Crippen LogP contribution in [-0.4, -0.2) is 0 Å². The molecule has 2 unspecified atom stereocenters. The van der Waals surface area contributed by atoms with Crippen molar-refractivity contribution in [3.05, 3.63) is 167 Å². The SMILES string of the molecule is CC1=C(c2cccc3ccccc23)[CH]([Zr+2][CH]2C(c3cccc4ccccc34)=C(C)c3ccccc32)c2ccccc21.[Cl-].[Cl-]. The Labute approximate surface area is 277 Å². The second-order valence-corrected chi connectivity index (χ2v) is 15.0. The van der Waals surface area contributed by atoms with Gasteiger partial charge >= 0.3 is 255 Å². The number of hydrogen-bond donors (Lipinski definition) is 0. The smallest absolute Gasteiger partial charge is 1.00 e. The molecule has 0 aromatic heterocycles. The van der Waals surface area contributed by atoms with Crippen LogP contribution in [0.5, 0.6) is 0 Å². The van der Waals surface area contributed by atoms with Gasteiger partial charge in [0.2, 0.25) is 0 Å². The number of allylic oxidation sites excluding steroid dienone is 4. The van der Waals surface area contributed by atoms with Gasteiger partial charge in [-0.3, -0.25) is 0 Å². The van der Waals surface area contributed by atoms with E-state index in [4.69, 9.17) is 0 Å². The zero-order valence-electron chi connectivity index (χ0n) is 24.1. The van der Waals surface area contributed by atoms with E-state index in [1.54, 1.807) is 22.3 Å². The molecule has 0 fully saturated rings. The molecule has 0 radical (unpaired) electrons. The van der Waals surface area contributed by atoms with Gasteiger partial charge in [0.1, 0.15) is 0 Å². The molecule has 0 aliphatic heterocycles. The molecule has 6 aromatic rings. The van der Waals surface area contributed by atoms with E-state index in [-0.39, 0.29) is 24.8 Å². The maximum atomic E-state index is 2.41. The number of rotatable bonds is 4. The maximum absolute atomic E-state index is 2.41. The van der Waals surface area contributed by atoms with Crippen LogP contribution in [0, 0.1) is 0 Å². The van der Waals surface area contributed by atoms with Gasteiger partial charge in [-0.2, -0.15) is 0 Å². The molecule has 3 heteroatoms. The summed E-state index contributed by atoms with van der Waals surface area (Å²) in [5, 5.41) is 5.39. The standard InChI is InChI=1S/2C20H15.2ClH.Zr/c2*1-14-17-10-4-3-8-16(17)13-20(14)19-12-6-9-15-7-2-5-11-18(15)19;;;/h2*2-13H,1H3;2*1H;/q;;;;+2/p-2. The normalized spacial score (nSPS) is 16.9. The molecule has 0 bridgehead atoms. The second-order valence-electron chi connectivity index (χ2n) is 11.3. The van der Waals surface area contributed by atoms with Crippen molar-refractivity contribution >= 4 is 43.8 Å². The maximum Gasteiger partial charge on any atom is -1.00 e. The topological polar surface area (TPSA) is 0 Å². The molecule has 43 heavy (non-hydrogen) atoms. The van der Waals surface area contributed by atoms with Crippen molar-refractivity contribution in [3.63, 3.8) is 0 Å². The molecule has 0 nitrogen and oxygen atoms in total. The van der Waals surface area contributed by atoms with Crippen LogP contribution in [0.3, 0.4) is 0 Å². The molecule has 8 rings (SSSR count). The van der Waals surface area contributed by atoms with Crippen molar-refractivity contribution in [1.82, 2.24) is 0 Å². The molecule has 2 aliphatic rings. The van der Waals surface area contributed by atoms with Gasteiger partial charge in [-0.25, -0.2) is 0 Å². The van der Waals surface area contributed by atoms with E-state index in [0.29, 0.717) is 7.25 Å². The van der Waals surface area contributed by atoms with Gasteiger partial charge in [-0.1, -0.05) is 0 Å². The first-order valence-electron chi connectivity index (χ1n) is 14.5. The summed E-state index contributed by atoms with van der Waals surface area (Å²) in [7, 11) is 0. The van der Waals surface area contributed by atoms with Crippen LogP contribution in [0.2, 0.25) is 0 Å². The van der Waals surface area contributed by atoms with Gasteiger partial charge < -0.3 is 24.8 Å². The predicted molar refractivity (Wildman–Crippen MR) is 171 cm³/mol. The minimum Gasteiger partial charge on any atom is -1.00 e. The number of hydrogen-bond acceptors (Lipinski definition) is 0. The summed E-state index contributed by atoms with van der Waals surface area (Å²) < 4.78 is 0.962. The van der Waals surface area contributed by atoms with E-state index in [9.17, 15) is 0 Å². The molecule has 0 spiro atoms. The summed E-state index contributed by atoms with van der Waals surface area (Å²) in [5.74, 6) is 0. The van der Waals surface area contributed by atoms with E-state index in [1.807, 2.05) is 0 Å². The summed E-state index contributed by atoms with van der Waals surface area (Å²) in [6, 6.07) is 50.0. The van der Waals surface area contributed by atoms with Crippen molar-refractivity contribution in [1.29, 1.82) is 0 Å². The molecular weight excluding hydrogens is 643 g/mol. The van der Waals surface area contributed by atoms with E-state index in [1.165, 1.54) is 54.9 Å². The van der Waals surface area contributed by atoms with Gasteiger partial charge in [-0.05, 0) is 0 Å². The minimum absolute atomic E-state index is 0. The Morgan fingerprint density at radius 1 is 0.395 bits per heavy atom. The Morgan fingerprint density at radius 2 is 0.744 bits per heavy atom. The molecule has 2 aliphatic carbocycles.